The van der Waals surface area contributed by atoms with Crippen LogP contribution in [0.1, 0.15) is 32.1 Å². The molecule has 6 rings (SSSR count). The molecule has 3 aromatic rings. The van der Waals surface area contributed by atoms with Crippen molar-refractivity contribution in [1.82, 2.24) is 15.8 Å². The minimum absolute atomic E-state index is 0.0298. The summed E-state index contributed by atoms with van der Waals surface area (Å²) >= 11 is 5.66. The molecule has 3 saturated carbocycles. The molecule has 2 amide bonds. The van der Waals surface area contributed by atoms with E-state index in [1.807, 2.05) is 12.1 Å². The first kappa shape index (κ1) is 24.3. The van der Waals surface area contributed by atoms with E-state index in [9.17, 15) is 19.1 Å². The number of carbonyl (C=O) groups excluding carboxylic acids is 2. The maximum absolute atomic E-state index is 13.6. The van der Waals surface area contributed by atoms with Crippen LogP contribution in [0.15, 0.2) is 47.0 Å². The Morgan fingerprint density at radius 2 is 1.81 bits per heavy atom. The monoisotopic (exact) mass is 517 g/mol. The van der Waals surface area contributed by atoms with Gasteiger partial charge in [0.25, 0.3) is 17.7 Å². The summed E-state index contributed by atoms with van der Waals surface area (Å²) in [5, 5.41) is 21.3. The molecule has 3 aliphatic carbocycles. The van der Waals surface area contributed by atoms with Crippen LogP contribution in [0.5, 0.6) is 11.6 Å². The predicted molar refractivity (Wildman–Crippen MR) is 127 cm³/mol. The maximum atomic E-state index is 13.6. The third-order valence-corrected chi connectivity index (χ3v) is 7.37. The van der Waals surface area contributed by atoms with E-state index < -0.39 is 23.0 Å². The van der Waals surface area contributed by atoms with Crippen LogP contribution in [0.2, 0.25) is 5.02 Å². The first-order valence-corrected chi connectivity index (χ1v) is 12.0. The van der Waals surface area contributed by atoms with Gasteiger partial charge in [-0.2, -0.15) is 0 Å². The van der Waals surface area contributed by atoms with Crippen molar-refractivity contribution in [2.75, 3.05) is 13.2 Å². The molecule has 2 aromatic carbocycles. The van der Waals surface area contributed by atoms with Crippen molar-refractivity contribution < 1.29 is 33.1 Å². The molecule has 1 heterocycles. The Labute approximate surface area is 210 Å². The number of hydrogen-bond acceptors (Lipinski definition) is 7. The quantitative estimate of drug-likeness (QED) is 0.419. The lowest BCUT2D eigenvalue weighted by molar-refractivity contribution is -0.137. The van der Waals surface area contributed by atoms with Gasteiger partial charge in [-0.1, -0.05) is 23.7 Å². The number of nitrogens with zero attached hydrogens (tertiary/aromatic N) is 1. The van der Waals surface area contributed by atoms with Crippen LogP contribution in [0.3, 0.4) is 0 Å². The predicted octanol–water partition coefficient (Wildman–Crippen LogP) is 3.13. The van der Waals surface area contributed by atoms with Gasteiger partial charge < -0.3 is 29.7 Å². The van der Waals surface area contributed by atoms with Crippen molar-refractivity contribution in [2.45, 2.75) is 49.3 Å². The highest BCUT2D eigenvalue weighted by molar-refractivity contribution is 6.30. The van der Waals surface area contributed by atoms with Crippen LogP contribution in [0, 0.1) is 5.82 Å². The highest BCUT2D eigenvalue weighted by Gasteiger charge is 2.55. The Morgan fingerprint density at radius 3 is 2.56 bits per heavy atom. The largest absolute Gasteiger partial charge is 0.484 e. The summed E-state index contributed by atoms with van der Waals surface area (Å²) in [5.41, 5.74) is -0.810. The normalized spacial score (nSPS) is 24.9. The second-order valence-electron chi connectivity index (χ2n) is 9.39. The van der Waals surface area contributed by atoms with Crippen LogP contribution in [-0.4, -0.2) is 52.5 Å². The van der Waals surface area contributed by atoms with Crippen molar-refractivity contribution in [2.24, 2.45) is 0 Å². The molecule has 36 heavy (non-hydrogen) atoms. The number of aliphatic hydroxyl groups is 1. The van der Waals surface area contributed by atoms with Crippen LogP contribution >= 0.6 is 11.6 Å². The number of hydrogen-bond donors (Lipinski definition) is 3. The van der Waals surface area contributed by atoms with Gasteiger partial charge in [-0.25, -0.2) is 4.39 Å². The molecule has 1 aromatic heterocycles. The molecular weight excluding hydrogens is 493 g/mol. The number of benzene rings is 2. The number of rotatable bonds is 8. The molecule has 0 radical (unpaired) electrons. The number of amides is 2. The van der Waals surface area contributed by atoms with Crippen molar-refractivity contribution in [3.63, 3.8) is 0 Å². The molecule has 0 saturated heterocycles. The van der Waals surface area contributed by atoms with Crippen molar-refractivity contribution in [1.29, 1.82) is 0 Å². The highest BCUT2D eigenvalue weighted by Crippen LogP contribution is 2.47. The summed E-state index contributed by atoms with van der Waals surface area (Å²) in [5.74, 6) is -0.947. The van der Waals surface area contributed by atoms with Gasteiger partial charge in [0.2, 0.25) is 0 Å². The van der Waals surface area contributed by atoms with E-state index in [1.54, 1.807) is 12.1 Å². The lowest BCUT2D eigenvalue weighted by Gasteiger charge is -2.56. The second-order valence-corrected chi connectivity index (χ2v) is 9.80. The number of aliphatic hydroxyl groups excluding tert-OH is 1. The zero-order valence-electron chi connectivity index (χ0n) is 19.3. The molecule has 3 fully saturated rings. The number of fused-ring (bicyclic) bond motifs is 4. The van der Waals surface area contributed by atoms with Crippen molar-refractivity contribution in [3.8, 4) is 11.6 Å². The molecule has 2 bridgehead atoms. The molecular formula is C25H25ClFN3O6. The van der Waals surface area contributed by atoms with E-state index in [1.165, 1.54) is 12.1 Å². The van der Waals surface area contributed by atoms with Gasteiger partial charge in [-0.05, 0) is 61.5 Å². The van der Waals surface area contributed by atoms with Crippen LogP contribution in [0.25, 0.3) is 11.0 Å². The van der Waals surface area contributed by atoms with Gasteiger partial charge >= 0.3 is 0 Å². The Hall–Kier alpha value is -3.37. The van der Waals surface area contributed by atoms with Gasteiger partial charge in [-0.15, -0.1) is 0 Å². The summed E-state index contributed by atoms with van der Waals surface area (Å²) in [6.45, 7) is -0.565. The molecule has 9 nitrogen and oxygen atoms in total. The Morgan fingerprint density at radius 1 is 1.08 bits per heavy atom. The first-order chi connectivity index (χ1) is 17.3. The number of halogens is 2. The van der Waals surface area contributed by atoms with E-state index in [0.717, 1.165) is 6.07 Å². The number of nitrogens with one attached hydrogen (secondary N) is 2. The van der Waals surface area contributed by atoms with Gasteiger partial charge in [0.1, 0.15) is 11.6 Å². The Balaban J connectivity index is 1.13. The van der Waals surface area contributed by atoms with E-state index >= 15 is 0 Å². The molecule has 11 heteroatoms. The van der Waals surface area contributed by atoms with Crippen molar-refractivity contribution in [3.05, 3.63) is 53.3 Å². The molecule has 3 aliphatic rings. The van der Waals surface area contributed by atoms with E-state index in [2.05, 4.69) is 15.8 Å². The molecule has 1 atom stereocenters. The summed E-state index contributed by atoms with van der Waals surface area (Å²) in [7, 11) is 0. The SMILES string of the molecule is O=C(COc1ccc(Cl)c(F)c1)NC12CCC(NC(=O)COc3noc4ccccc34)(CC1)[C@@H](O)C2. The minimum Gasteiger partial charge on any atom is -0.484 e. The van der Waals surface area contributed by atoms with Gasteiger partial charge in [0.05, 0.1) is 22.1 Å². The zero-order chi connectivity index (χ0) is 25.3. The van der Waals surface area contributed by atoms with E-state index in [4.69, 9.17) is 25.6 Å². The summed E-state index contributed by atoms with van der Waals surface area (Å²) < 4.78 is 29.7. The molecule has 0 unspecified atom stereocenters. The van der Waals surface area contributed by atoms with E-state index in [-0.39, 0.29) is 41.7 Å². The number of carbonyl (C=O) groups is 2. The Kier molecular flexibility index (Phi) is 6.48. The summed E-state index contributed by atoms with van der Waals surface area (Å²) in [6, 6.07) is 11.1. The molecule has 0 spiro atoms. The molecule has 190 valence electrons. The molecule has 3 N–H and O–H groups in total. The summed E-state index contributed by atoms with van der Waals surface area (Å²) in [4.78, 5) is 25.2. The average molecular weight is 518 g/mol. The number of ether oxygens (including phenoxy) is 2. The van der Waals surface area contributed by atoms with Crippen LogP contribution in [0.4, 0.5) is 4.39 Å². The topological polar surface area (TPSA) is 123 Å². The standard InChI is InChI=1S/C25H25ClFN3O6/c26-17-6-5-15(11-18(17)27)34-13-21(32)28-24-7-9-25(10-8-24,20(31)12-24)29-22(33)14-35-23-16-3-1-2-4-19(16)36-30-23/h1-6,11,20,31H,7-10,12-14H2,(H,28,32)(H,29,33)/t20-,24?,25?/m0/s1. The highest BCUT2D eigenvalue weighted by atomic mass is 35.5. The van der Waals surface area contributed by atoms with Crippen LogP contribution in [-0.2, 0) is 9.59 Å². The lowest BCUT2D eigenvalue weighted by Crippen LogP contribution is -2.70. The fourth-order valence-corrected chi connectivity index (χ4v) is 5.24. The van der Waals surface area contributed by atoms with E-state index in [0.29, 0.717) is 43.1 Å². The Bertz CT molecular complexity index is 1290. The zero-order valence-corrected chi connectivity index (χ0v) is 20.0. The number of aromatic nitrogens is 1. The average Bonchev–Trinajstić information content (AvgIpc) is 3.28. The minimum atomic E-state index is -0.844. The second kappa shape index (κ2) is 9.59. The van der Waals surface area contributed by atoms with Crippen molar-refractivity contribution >= 4 is 34.4 Å². The third kappa shape index (κ3) is 4.83. The van der Waals surface area contributed by atoms with Gasteiger partial charge in [0.15, 0.2) is 18.8 Å². The molecule has 0 aliphatic heterocycles. The number of para-hydroxylation sites is 1. The van der Waals surface area contributed by atoms with Gasteiger partial charge in [0, 0.05) is 11.6 Å². The third-order valence-electron chi connectivity index (χ3n) is 7.06. The first-order valence-electron chi connectivity index (χ1n) is 11.6. The van der Waals surface area contributed by atoms with Gasteiger partial charge in [-0.3, -0.25) is 9.59 Å². The fourth-order valence-electron chi connectivity index (χ4n) is 5.12. The maximum Gasteiger partial charge on any atom is 0.262 e. The van der Waals surface area contributed by atoms with Crippen LogP contribution < -0.4 is 20.1 Å². The smallest absolute Gasteiger partial charge is 0.262 e. The lowest BCUT2D eigenvalue weighted by atomic mass is 9.60. The fraction of sp³-hybridized carbons (Fsp3) is 0.400. The summed E-state index contributed by atoms with van der Waals surface area (Å²) in [6.07, 6.45) is 1.61.